The first-order valence-electron chi connectivity index (χ1n) is 21.9. The molecule has 4 heterocycles. The Hall–Kier alpha value is -8.04. The van der Waals surface area contributed by atoms with E-state index in [0.717, 1.165) is 41.7 Å². The molecule has 10 aromatic rings. The van der Waals surface area contributed by atoms with E-state index in [2.05, 4.69) is 40.8 Å². The maximum absolute atomic E-state index is 13.5. The molecule has 0 aliphatic carbocycles. The van der Waals surface area contributed by atoms with Gasteiger partial charge in [0.05, 0.1) is 65.1 Å². The van der Waals surface area contributed by atoms with Crippen LogP contribution in [0.15, 0.2) is 177 Å². The average molecular weight is 1040 g/mol. The van der Waals surface area contributed by atoms with Crippen molar-refractivity contribution in [3.63, 3.8) is 0 Å². The molecule has 0 atom stereocenters. The molecule has 6 aromatic carbocycles. The highest BCUT2D eigenvalue weighted by Crippen LogP contribution is 2.38. The molecule has 0 spiro atoms. The molecule has 0 saturated carbocycles. The standard InChI is InChI=1S/C52H42N8O8S4/c1-69(61,62)38-15-9-14-36(24-38)44-27-42(53-55-44)32-10-7-11-33(22-32)43-28-45(56-54-43)37-19-20-39(51(26-37)71(3,65)66)31-18-21-41(52(25-31)72(4,67)68)49-30-47(58-60-49)35-13-8-12-34(23-35)46-29-48(59-57-46)40-16-5-6-17-50(40)70(2,63)64/h5-30H,1-4H3,(H,53,55)(H,54,56)(H,57,59)(H,58,60). The first-order valence-corrected chi connectivity index (χ1v) is 29.5. The molecule has 16 nitrogen and oxygen atoms in total. The van der Waals surface area contributed by atoms with Crippen LogP contribution in [-0.2, 0) is 39.3 Å². The average Bonchev–Trinajstić information content (AvgIpc) is 4.21. The van der Waals surface area contributed by atoms with E-state index in [1.165, 1.54) is 12.1 Å². The second kappa shape index (κ2) is 18.0. The number of rotatable bonds is 13. The highest BCUT2D eigenvalue weighted by molar-refractivity contribution is 7.91. The predicted octanol–water partition coefficient (Wildman–Crippen LogP) is 9.20. The Bertz CT molecular complexity index is 4250. The van der Waals surface area contributed by atoms with Crippen molar-refractivity contribution >= 4 is 39.3 Å². The van der Waals surface area contributed by atoms with Crippen molar-refractivity contribution in [3.8, 4) is 101 Å². The number of hydrogen-bond donors (Lipinski definition) is 4. The normalized spacial score (nSPS) is 12.3. The summed E-state index contributed by atoms with van der Waals surface area (Å²) in [4.78, 5) is 0.315. The zero-order chi connectivity index (χ0) is 50.7. The lowest BCUT2D eigenvalue weighted by atomic mass is 9.99. The highest BCUT2D eigenvalue weighted by Gasteiger charge is 2.23. The summed E-state index contributed by atoms with van der Waals surface area (Å²) in [7, 11) is -14.7. The number of aromatic amines is 4. The zero-order valence-electron chi connectivity index (χ0n) is 38.7. The van der Waals surface area contributed by atoms with Crippen molar-refractivity contribution in [2.75, 3.05) is 25.0 Å². The molecule has 0 fully saturated rings. The maximum atomic E-state index is 13.5. The van der Waals surface area contributed by atoms with Crippen LogP contribution in [0.1, 0.15) is 0 Å². The summed E-state index contributed by atoms with van der Waals surface area (Å²) in [6, 6.07) is 45.0. The number of nitrogens with one attached hydrogen (secondary N) is 4. The molecule has 0 unspecified atom stereocenters. The van der Waals surface area contributed by atoms with Crippen LogP contribution in [0.4, 0.5) is 0 Å². The van der Waals surface area contributed by atoms with E-state index in [1.807, 2.05) is 54.6 Å². The lowest BCUT2D eigenvalue weighted by Gasteiger charge is -2.13. The minimum Gasteiger partial charge on any atom is -0.277 e. The monoisotopic (exact) mass is 1030 g/mol. The number of hydrogen-bond acceptors (Lipinski definition) is 12. The van der Waals surface area contributed by atoms with Crippen LogP contribution in [-0.4, -0.2) is 99.5 Å². The van der Waals surface area contributed by atoms with Gasteiger partial charge in [-0.1, -0.05) is 91.0 Å². The van der Waals surface area contributed by atoms with E-state index in [4.69, 9.17) is 0 Å². The summed E-state index contributed by atoms with van der Waals surface area (Å²) in [5, 5.41) is 29.9. The lowest BCUT2D eigenvalue weighted by molar-refractivity contribution is 0.600. The van der Waals surface area contributed by atoms with E-state index in [0.29, 0.717) is 84.5 Å². The molecule has 0 bridgehead atoms. The van der Waals surface area contributed by atoms with E-state index in [9.17, 15) is 33.7 Å². The fraction of sp³-hybridized carbons (Fsp3) is 0.0769. The Kier molecular flexibility index (Phi) is 11.9. The van der Waals surface area contributed by atoms with Crippen molar-refractivity contribution in [1.29, 1.82) is 0 Å². The molecule has 0 radical (unpaired) electrons. The molecule has 0 amide bonds. The Labute approximate surface area is 414 Å². The van der Waals surface area contributed by atoms with Crippen molar-refractivity contribution in [3.05, 3.63) is 158 Å². The van der Waals surface area contributed by atoms with Crippen molar-refractivity contribution in [1.82, 2.24) is 40.8 Å². The smallest absolute Gasteiger partial charge is 0.176 e. The summed E-state index contributed by atoms with van der Waals surface area (Å²) in [5.74, 6) is 0. The Balaban J connectivity index is 0.917. The molecule has 0 aliphatic rings. The third kappa shape index (κ3) is 9.59. The fourth-order valence-electron chi connectivity index (χ4n) is 8.49. The molecular weight excluding hydrogens is 993 g/mol. The first-order chi connectivity index (χ1) is 34.2. The maximum Gasteiger partial charge on any atom is 0.176 e. The number of aromatic nitrogens is 8. The van der Waals surface area contributed by atoms with Gasteiger partial charge in [-0.25, -0.2) is 33.7 Å². The molecule has 362 valence electrons. The van der Waals surface area contributed by atoms with Gasteiger partial charge in [-0.15, -0.1) is 0 Å². The molecule has 0 aliphatic heterocycles. The number of sulfone groups is 4. The molecular formula is C52H42N8O8S4. The summed E-state index contributed by atoms with van der Waals surface area (Å²) in [6.45, 7) is 0. The zero-order valence-corrected chi connectivity index (χ0v) is 42.0. The van der Waals surface area contributed by atoms with Gasteiger partial charge in [-0.05, 0) is 72.3 Å². The Morgan fingerprint density at radius 1 is 0.292 bits per heavy atom. The van der Waals surface area contributed by atoms with Crippen LogP contribution in [0, 0.1) is 0 Å². The second-order valence-corrected chi connectivity index (χ2v) is 25.3. The molecule has 4 N–H and O–H groups in total. The van der Waals surface area contributed by atoms with Crippen LogP contribution in [0.2, 0.25) is 0 Å². The number of benzene rings is 6. The fourth-order valence-corrected chi connectivity index (χ4v) is 11.9. The van der Waals surface area contributed by atoms with Gasteiger partial charge in [0.25, 0.3) is 0 Å². The van der Waals surface area contributed by atoms with Crippen LogP contribution >= 0.6 is 0 Å². The van der Waals surface area contributed by atoms with Gasteiger partial charge in [-0.3, -0.25) is 20.4 Å². The summed E-state index contributed by atoms with van der Waals surface area (Å²) >= 11 is 0. The van der Waals surface area contributed by atoms with E-state index >= 15 is 0 Å². The molecule has 10 rings (SSSR count). The highest BCUT2D eigenvalue weighted by atomic mass is 32.2. The van der Waals surface area contributed by atoms with E-state index in [-0.39, 0.29) is 19.6 Å². The van der Waals surface area contributed by atoms with Crippen LogP contribution in [0.5, 0.6) is 0 Å². The quantitative estimate of drug-likeness (QED) is 0.0844. The van der Waals surface area contributed by atoms with Gasteiger partial charge in [0, 0.05) is 75.1 Å². The van der Waals surface area contributed by atoms with Gasteiger partial charge in [-0.2, -0.15) is 20.4 Å². The summed E-state index contributed by atoms with van der Waals surface area (Å²) in [5.41, 5.74) is 10.1. The molecule has 20 heteroatoms. The van der Waals surface area contributed by atoms with Gasteiger partial charge in [0.15, 0.2) is 39.3 Å². The van der Waals surface area contributed by atoms with E-state index in [1.54, 1.807) is 91.0 Å². The van der Waals surface area contributed by atoms with Crippen molar-refractivity contribution in [2.45, 2.75) is 19.6 Å². The molecule has 72 heavy (non-hydrogen) atoms. The third-order valence-corrected chi connectivity index (χ3v) is 16.6. The Morgan fingerprint density at radius 2 is 0.667 bits per heavy atom. The molecule has 0 saturated heterocycles. The number of nitrogens with zero attached hydrogens (tertiary/aromatic N) is 4. The van der Waals surface area contributed by atoms with Gasteiger partial charge in [0.1, 0.15) is 0 Å². The van der Waals surface area contributed by atoms with E-state index < -0.39 is 39.3 Å². The van der Waals surface area contributed by atoms with Crippen molar-refractivity contribution in [2.24, 2.45) is 0 Å². The Morgan fingerprint density at radius 3 is 1.17 bits per heavy atom. The van der Waals surface area contributed by atoms with Crippen LogP contribution < -0.4 is 0 Å². The topological polar surface area (TPSA) is 251 Å². The SMILES string of the molecule is CS(=O)(=O)c1cccc(-c2cc(-c3cccc(-c4cc(-c5ccc(-c6ccc(-c7cc(-c8cccc(-c9cc(-c%10ccccc%10S(C)(=O)=O)[nH]n9)c8)n[nH]7)c(S(C)(=O)=O)c6)c(S(C)(=O)=O)c5)[nH]n4)c3)n[nH]2)c1. The van der Waals surface area contributed by atoms with Gasteiger partial charge < -0.3 is 0 Å². The number of H-pyrrole nitrogens is 4. The van der Waals surface area contributed by atoms with Gasteiger partial charge in [0.2, 0.25) is 0 Å². The minimum absolute atomic E-state index is 0.0193. The largest absolute Gasteiger partial charge is 0.277 e. The first kappa shape index (κ1) is 47.6. The predicted molar refractivity (Wildman–Crippen MR) is 276 cm³/mol. The minimum atomic E-state index is -3.89. The third-order valence-electron chi connectivity index (χ3n) is 12.0. The summed E-state index contributed by atoms with van der Waals surface area (Å²) < 4.78 is 103. The van der Waals surface area contributed by atoms with Crippen molar-refractivity contribution < 1.29 is 33.7 Å². The second-order valence-electron chi connectivity index (χ2n) is 17.4. The molecule has 4 aromatic heterocycles. The summed E-state index contributed by atoms with van der Waals surface area (Å²) in [6.07, 6.45) is 4.50. The van der Waals surface area contributed by atoms with Crippen LogP contribution in [0.25, 0.3) is 101 Å². The van der Waals surface area contributed by atoms with Gasteiger partial charge >= 0.3 is 0 Å². The lowest BCUT2D eigenvalue weighted by Crippen LogP contribution is -2.03. The van der Waals surface area contributed by atoms with Crippen LogP contribution in [0.3, 0.4) is 0 Å².